The van der Waals surface area contributed by atoms with Gasteiger partial charge in [0, 0.05) is 12.2 Å². The summed E-state index contributed by atoms with van der Waals surface area (Å²) in [4.78, 5) is 48.3. The van der Waals surface area contributed by atoms with Crippen LogP contribution in [0.4, 0.5) is 0 Å². The molecule has 3 unspecified atom stereocenters. The molecule has 1 aromatic carbocycles. The summed E-state index contributed by atoms with van der Waals surface area (Å²) in [6.07, 6.45) is 0.502. The van der Waals surface area contributed by atoms with E-state index in [1.165, 1.54) is 0 Å². The zero-order valence-electron chi connectivity index (χ0n) is 17.1. The van der Waals surface area contributed by atoms with Gasteiger partial charge < -0.3 is 26.8 Å². The third kappa shape index (κ3) is 9.27. The molecule has 0 aromatic heterocycles. The molecule has 0 spiro atoms. The van der Waals surface area contributed by atoms with Crippen molar-refractivity contribution in [3.8, 4) is 0 Å². The molecule has 1 rings (SSSR count). The Bertz CT molecular complexity index is 729. The number of thiol groups is 1. The van der Waals surface area contributed by atoms with Gasteiger partial charge in [-0.05, 0) is 17.9 Å². The summed E-state index contributed by atoms with van der Waals surface area (Å²) in [7, 11) is 0. The van der Waals surface area contributed by atoms with Gasteiger partial charge in [-0.25, -0.2) is 0 Å². The van der Waals surface area contributed by atoms with Crippen LogP contribution < -0.4 is 21.7 Å². The highest BCUT2D eigenvalue weighted by Crippen LogP contribution is 2.08. The summed E-state index contributed by atoms with van der Waals surface area (Å²) in [5, 5.41) is 16.3. The number of aliphatic carboxylic acids is 1. The summed E-state index contributed by atoms with van der Waals surface area (Å²) < 4.78 is 0. The van der Waals surface area contributed by atoms with Gasteiger partial charge in [0.1, 0.15) is 18.6 Å². The van der Waals surface area contributed by atoms with E-state index in [-0.39, 0.29) is 18.1 Å². The summed E-state index contributed by atoms with van der Waals surface area (Å²) in [6.45, 7) is 3.20. The van der Waals surface area contributed by atoms with Crippen LogP contribution in [-0.2, 0) is 25.6 Å². The minimum Gasteiger partial charge on any atom is -0.480 e. The molecule has 6 N–H and O–H groups in total. The Morgan fingerprint density at radius 2 is 1.60 bits per heavy atom. The Hall–Kier alpha value is -2.59. The monoisotopic (exact) mass is 438 g/mol. The maximum atomic E-state index is 12.9. The standard InChI is InChI=1S/C20H30N4O5S/c1-12(2)8-15(19(28)22-10-17(25)26)24-20(29)16(23-18(27)14(21)11-30)9-13-6-4-3-5-7-13/h3-7,12,14-16,30H,8-11,21H2,1-2H3,(H,22,28)(H,23,27)(H,24,29)(H,25,26). The van der Waals surface area contributed by atoms with Crippen LogP contribution in [0.25, 0.3) is 0 Å². The fourth-order valence-electron chi connectivity index (χ4n) is 2.68. The zero-order chi connectivity index (χ0) is 22.7. The predicted molar refractivity (Wildman–Crippen MR) is 116 cm³/mol. The van der Waals surface area contributed by atoms with E-state index in [9.17, 15) is 19.2 Å². The number of benzene rings is 1. The van der Waals surface area contributed by atoms with E-state index in [0.717, 1.165) is 5.56 Å². The van der Waals surface area contributed by atoms with Crippen molar-refractivity contribution in [3.05, 3.63) is 35.9 Å². The molecule has 0 bridgehead atoms. The van der Waals surface area contributed by atoms with E-state index in [1.54, 1.807) is 0 Å². The summed E-state index contributed by atoms with van der Waals surface area (Å²) in [5.41, 5.74) is 6.51. The van der Waals surface area contributed by atoms with Gasteiger partial charge in [0.05, 0.1) is 6.04 Å². The second-order valence-electron chi connectivity index (χ2n) is 7.34. The first kappa shape index (κ1) is 25.4. The Morgan fingerprint density at radius 1 is 1.00 bits per heavy atom. The van der Waals surface area contributed by atoms with E-state index in [0.29, 0.717) is 6.42 Å². The van der Waals surface area contributed by atoms with Crippen LogP contribution in [0.3, 0.4) is 0 Å². The summed E-state index contributed by atoms with van der Waals surface area (Å²) in [5.74, 6) is -2.71. The number of rotatable bonds is 12. The van der Waals surface area contributed by atoms with Gasteiger partial charge >= 0.3 is 5.97 Å². The minimum atomic E-state index is -1.19. The minimum absolute atomic E-state index is 0.0608. The molecule has 1 aromatic rings. The highest BCUT2D eigenvalue weighted by Gasteiger charge is 2.28. The predicted octanol–water partition coefficient (Wildman–Crippen LogP) is -0.297. The lowest BCUT2D eigenvalue weighted by Crippen LogP contribution is -2.57. The van der Waals surface area contributed by atoms with Crippen molar-refractivity contribution >= 4 is 36.3 Å². The topological polar surface area (TPSA) is 151 Å². The number of carboxylic acids is 1. The fourth-order valence-corrected chi connectivity index (χ4v) is 2.85. The Balaban J connectivity index is 2.98. The van der Waals surface area contributed by atoms with E-state index < -0.39 is 48.4 Å². The molecular formula is C20H30N4O5S. The van der Waals surface area contributed by atoms with Crippen LogP contribution in [-0.4, -0.2) is 59.2 Å². The van der Waals surface area contributed by atoms with Gasteiger partial charge in [0.25, 0.3) is 0 Å². The SMILES string of the molecule is CC(C)CC(NC(=O)C(Cc1ccccc1)NC(=O)C(N)CS)C(=O)NCC(=O)O. The maximum Gasteiger partial charge on any atom is 0.322 e. The van der Waals surface area contributed by atoms with Gasteiger partial charge in [-0.2, -0.15) is 12.6 Å². The van der Waals surface area contributed by atoms with E-state index in [2.05, 4.69) is 28.6 Å². The number of carbonyl (C=O) groups is 4. The van der Waals surface area contributed by atoms with Crippen molar-refractivity contribution in [1.82, 2.24) is 16.0 Å². The molecule has 0 aliphatic rings. The summed E-state index contributed by atoms with van der Waals surface area (Å²) >= 11 is 4.00. The molecule has 9 nitrogen and oxygen atoms in total. The Labute approximate surface area is 181 Å². The molecule has 3 atom stereocenters. The number of amides is 3. The number of nitrogens with two attached hydrogens (primary N) is 1. The smallest absolute Gasteiger partial charge is 0.322 e. The molecule has 0 aliphatic carbocycles. The molecule has 0 fully saturated rings. The highest BCUT2D eigenvalue weighted by molar-refractivity contribution is 7.80. The quantitative estimate of drug-likeness (QED) is 0.247. The van der Waals surface area contributed by atoms with Crippen molar-refractivity contribution in [2.24, 2.45) is 11.7 Å². The van der Waals surface area contributed by atoms with Crippen LogP contribution in [0.15, 0.2) is 30.3 Å². The molecule has 166 valence electrons. The van der Waals surface area contributed by atoms with E-state index in [1.807, 2.05) is 44.2 Å². The van der Waals surface area contributed by atoms with Crippen LogP contribution in [0.5, 0.6) is 0 Å². The number of carboxylic acid groups (broad SMARTS) is 1. The molecule has 0 aliphatic heterocycles. The first-order valence-corrected chi connectivity index (χ1v) is 10.3. The largest absolute Gasteiger partial charge is 0.480 e. The van der Waals surface area contributed by atoms with Crippen molar-refractivity contribution < 1.29 is 24.3 Å². The number of hydrogen-bond donors (Lipinski definition) is 6. The number of nitrogens with one attached hydrogen (secondary N) is 3. The second kappa shape index (κ2) is 12.9. The lowest BCUT2D eigenvalue weighted by atomic mass is 10.0. The van der Waals surface area contributed by atoms with Crippen LogP contribution in [0.1, 0.15) is 25.8 Å². The summed E-state index contributed by atoms with van der Waals surface area (Å²) in [6, 6.07) is 6.30. The van der Waals surface area contributed by atoms with Crippen LogP contribution in [0, 0.1) is 5.92 Å². The number of carbonyl (C=O) groups excluding carboxylic acids is 3. The maximum absolute atomic E-state index is 12.9. The van der Waals surface area contributed by atoms with Gasteiger partial charge in [-0.3, -0.25) is 19.2 Å². The zero-order valence-corrected chi connectivity index (χ0v) is 18.0. The molecule has 30 heavy (non-hydrogen) atoms. The third-order valence-electron chi connectivity index (χ3n) is 4.20. The molecule has 0 radical (unpaired) electrons. The average Bonchev–Trinajstić information content (AvgIpc) is 2.70. The molecule has 0 saturated heterocycles. The Morgan fingerprint density at radius 3 is 2.13 bits per heavy atom. The van der Waals surface area contributed by atoms with Gasteiger partial charge in [0.2, 0.25) is 17.7 Å². The second-order valence-corrected chi connectivity index (χ2v) is 7.71. The molecular weight excluding hydrogens is 408 g/mol. The normalized spacial score (nSPS) is 13.8. The van der Waals surface area contributed by atoms with Crippen molar-refractivity contribution in [2.45, 2.75) is 44.8 Å². The molecule has 0 saturated carbocycles. The third-order valence-corrected chi connectivity index (χ3v) is 4.60. The van der Waals surface area contributed by atoms with E-state index in [4.69, 9.17) is 10.8 Å². The first-order valence-electron chi connectivity index (χ1n) is 9.64. The fraction of sp³-hybridized carbons (Fsp3) is 0.500. The first-order chi connectivity index (χ1) is 14.1. The highest BCUT2D eigenvalue weighted by atomic mass is 32.1. The lowest BCUT2D eigenvalue weighted by Gasteiger charge is -2.25. The van der Waals surface area contributed by atoms with Gasteiger partial charge in [-0.15, -0.1) is 0 Å². The van der Waals surface area contributed by atoms with Gasteiger partial charge in [0.15, 0.2) is 0 Å². The van der Waals surface area contributed by atoms with Crippen LogP contribution in [0.2, 0.25) is 0 Å². The van der Waals surface area contributed by atoms with Crippen molar-refractivity contribution in [1.29, 1.82) is 0 Å². The Kier molecular flexibility index (Phi) is 10.9. The number of hydrogen-bond acceptors (Lipinski definition) is 6. The molecule has 0 heterocycles. The molecule has 3 amide bonds. The van der Waals surface area contributed by atoms with Crippen molar-refractivity contribution in [2.75, 3.05) is 12.3 Å². The average molecular weight is 439 g/mol. The van der Waals surface area contributed by atoms with Crippen LogP contribution >= 0.6 is 12.6 Å². The lowest BCUT2D eigenvalue weighted by molar-refractivity contribution is -0.138. The van der Waals surface area contributed by atoms with Gasteiger partial charge in [-0.1, -0.05) is 44.2 Å². The molecule has 10 heteroatoms. The van der Waals surface area contributed by atoms with Crippen molar-refractivity contribution in [3.63, 3.8) is 0 Å². The van der Waals surface area contributed by atoms with E-state index >= 15 is 0 Å².